The van der Waals surface area contributed by atoms with E-state index < -0.39 is 6.04 Å². The average molecular weight is 589 g/mol. The molecular weight excluding hydrogens is 560 g/mol. The Labute approximate surface area is 247 Å². The zero-order valence-corrected chi connectivity index (χ0v) is 23.5. The van der Waals surface area contributed by atoms with Crippen molar-refractivity contribution in [2.75, 3.05) is 44.3 Å². The molecule has 1 fully saturated rings. The highest BCUT2D eigenvalue weighted by Crippen LogP contribution is 2.31. The summed E-state index contributed by atoms with van der Waals surface area (Å²) < 4.78 is 12.9. The minimum absolute atomic E-state index is 0.122. The Bertz CT molecular complexity index is 1550. The smallest absolute Gasteiger partial charge is 0.255 e. The average Bonchev–Trinajstić information content (AvgIpc) is 3.56. The van der Waals surface area contributed by atoms with E-state index in [1.54, 1.807) is 58.8 Å². The molecule has 1 saturated heterocycles. The number of rotatable bonds is 8. The van der Waals surface area contributed by atoms with Crippen molar-refractivity contribution < 1.29 is 19.1 Å². The van der Waals surface area contributed by atoms with Crippen LogP contribution in [-0.2, 0) is 11.2 Å². The van der Waals surface area contributed by atoms with Gasteiger partial charge in [-0.1, -0.05) is 17.7 Å². The topological polar surface area (TPSA) is 128 Å². The normalized spacial score (nSPS) is 16.3. The number of anilines is 1. The lowest BCUT2D eigenvalue weighted by Crippen LogP contribution is -2.56. The van der Waals surface area contributed by atoms with Gasteiger partial charge in [0.2, 0.25) is 11.9 Å². The van der Waals surface area contributed by atoms with Crippen LogP contribution in [0.4, 0.5) is 5.82 Å². The fourth-order valence-electron chi connectivity index (χ4n) is 5.09. The summed E-state index contributed by atoms with van der Waals surface area (Å²) in [6.45, 7) is 2.79. The summed E-state index contributed by atoms with van der Waals surface area (Å²) in [5, 5.41) is 3.30. The molecule has 1 atom stereocenters. The minimum Gasteiger partial charge on any atom is -0.486 e. The molecule has 12 nitrogen and oxygen atoms in total. The second-order valence-corrected chi connectivity index (χ2v) is 10.3. The molecule has 1 N–H and O–H groups in total. The van der Waals surface area contributed by atoms with Crippen molar-refractivity contribution >= 4 is 29.2 Å². The molecule has 4 aromatic rings. The number of aromatic nitrogens is 5. The third-order valence-electron chi connectivity index (χ3n) is 7.14. The van der Waals surface area contributed by atoms with Crippen molar-refractivity contribution in [2.45, 2.75) is 18.9 Å². The van der Waals surface area contributed by atoms with Crippen LogP contribution < -0.4 is 19.7 Å². The van der Waals surface area contributed by atoms with Gasteiger partial charge in [0.25, 0.3) is 5.91 Å². The summed E-state index contributed by atoms with van der Waals surface area (Å²) in [5.74, 6) is 2.13. The Hall–Kier alpha value is -4.71. The van der Waals surface area contributed by atoms with Crippen LogP contribution in [0.1, 0.15) is 22.3 Å². The standard InChI is InChI=1S/C29H29ClN8O4/c30-25-16-26(35-29(34-25)37-9-8-32-19-37)36-10-11-38(28(40)21-2-1-6-31-17-21)22(18-36)15-27(39)33-7-5-20-3-4-23-24(14-20)42-13-12-41-23/h1-4,6,8-9,14,16-17,19,22H,5,7,10-13,15,18H2,(H,33,39). The van der Waals surface area contributed by atoms with Crippen molar-refractivity contribution in [3.63, 3.8) is 0 Å². The molecule has 6 rings (SSSR count). The third kappa shape index (κ3) is 6.28. The van der Waals surface area contributed by atoms with Crippen LogP contribution in [0.3, 0.4) is 0 Å². The molecular formula is C29H29ClN8O4. The van der Waals surface area contributed by atoms with Gasteiger partial charge in [0.05, 0.1) is 11.6 Å². The molecule has 5 heterocycles. The Morgan fingerprint density at radius 1 is 1.02 bits per heavy atom. The predicted molar refractivity (Wildman–Crippen MR) is 154 cm³/mol. The minimum atomic E-state index is -0.411. The number of imidazole rings is 1. The lowest BCUT2D eigenvalue weighted by Gasteiger charge is -2.41. The van der Waals surface area contributed by atoms with Gasteiger partial charge in [0.1, 0.15) is 30.5 Å². The Kier molecular flexibility index (Phi) is 8.13. The number of halogens is 1. The number of carbonyl (C=O) groups excluding carboxylic acids is 2. The van der Waals surface area contributed by atoms with Crippen LogP contribution in [0.5, 0.6) is 11.5 Å². The summed E-state index contributed by atoms with van der Waals surface area (Å²) in [7, 11) is 0. The van der Waals surface area contributed by atoms with E-state index in [2.05, 4.69) is 25.3 Å². The highest BCUT2D eigenvalue weighted by atomic mass is 35.5. The van der Waals surface area contributed by atoms with Crippen molar-refractivity contribution in [3.8, 4) is 17.4 Å². The van der Waals surface area contributed by atoms with Gasteiger partial charge >= 0.3 is 0 Å². The summed E-state index contributed by atoms with van der Waals surface area (Å²) in [5.41, 5.74) is 1.51. The molecule has 216 valence electrons. The quantitative estimate of drug-likeness (QED) is 0.309. The zero-order chi connectivity index (χ0) is 28.9. The van der Waals surface area contributed by atoms with Crippen LogP contribution in [0.15, 0.2) is 67.5 Å². The maximum absolute atomic E-state index is 13.5. The van der Waals surface area contributed by atoms with E-state index in [1.807, 2.05) is 23.1 Å². The van der Waals surface area contributed by atoms with E-state index in [-0.39, 0.29) is 23.4 Å². The monoisotopic (exact) mass is 588 g/mol. The molecule has 2 aliphatic rings. The molecule has 0 aliphatic carbocycles. The number of carbonyl (C=O) groups is 2. The van der Waals surface area contributed by atoms with Crippen LogP contribution in [-0.4, -0.2) is 86.7 Å². The van der Waals surface area contributed by atoms with Gasteiger partial charge < -0.3 is 24.6 Å². The van der Waals surface area contributed by atoms with Crippen molar-refractivity contribution in [2.24, 2.45) is 0 Å². The van der Waals surface area contributed by atoms with Gasteiger partial charge in [0.15, 0.2) is 11.5 Å². The molecule has 2 amide bonds. The molecule has 1 aromatic carbocycles. The molecule has 0 radical (unpaired) electrons. The van der Waals surface area contributed by atoms with Crippen molar-refractivity contribution in [3.05, 3.63) is 83.8 Å². The van der Waals surface area contributed by atoms with Gasteiger partial charge in [-0.05, 0) is 36.2 Å². The van der Waals surface area contributed by atoms with E-state index in [9.17, 15) is 9.59 Å². The number of nitrogens with zero attached hydrogens (tertiary/aromatic N) is 7. The molecule has 3 aromatic heterocycles. The first kappa shape index (κ1) is 27.5. The number of ether oxygens (including phenoxy) is 2. The number of fused-ring (bicyclic) bond motifs is 1. The highest BCUT2D eigenvalue weighted by molar-refractivity contribution is 6.29. The lowest BCUT2D eigenvalue weighted by atomic mass is 10.1. The number of nitrogens with one attached hydrogen (secondary N) is 1. The van der Waals surface area contributed by atoms with E-state index in [0.29, 0.717) is 63.1 Å². The number of benzene rings is 1. The molecule has 42 heavy (non-hydrogen) atoms. The molecule has 1 unspecified atom stereocenters. The summed E-state index contributed by atoms with van der Waals surface area (Å²) in [6, 6.07) is 10.5. The second kappa shape index (κ2) is 12.4. The zero-order valence-electron chi connectivity index (χ0n) is 22.7. The lowest BCUT2D eigenvalue weighted by molar-refractivity contribution is -0.122. The van der Waals surface area contributed by atoms with Crippen molar-refractivity contribution in [1.29, 1.82) is 0 Å². The van der Waals surface area contributed by atoms with Crippen LogP contribution in [0.25, 0.3) is 5.95 Å². The van der Waals surface area contributed by atoms with Crippen molar-refractivity contribution in [1.82, 2.24) is 34.7 Å². The van der Waals surface area contributed by atoms with Crippen LogP contribution in [0.2, 0.25) is 5.15 Å². The predicted octanol–water partition coefficient (Wildman–Crippen LogP) is 2.56. The number of piperazine rings is 1. The molecule has 13 heteroatoms. The Morgan fingerprint density at radius 3 is 2.71 bits per heavy atom. The summed E-state index contributed by atoms with van der Waals surface area (Å²) in [6.07, 6.45) is 8.88. The summed E-state index contributed by atoms with van der Waals surface area (Å²) in [4.78, 5) is 47.5. The van der Waals surface area contributed by atoms with Crippen LogP contribution >= 0.6 is 11.6 Å². The van der Waals surface area contributed by atoms with Gasteiger partial charge in [-0.15, -0.1) is 0 Å². The maximum Gasteiger partial charge on any atom is 0.255 e. The number of hydrogen-bond donors (Lipinski definition) is 1. The SMILES string of the molecule is O=C(CC1CN(c2cc(Cl)nc(-n3ccnc3)n2)CCN1C(=O)c1cccnc1)NCCc1ccc2c(c1)OCCO2. The van der Waals surface area contributed by atoms with E-state index in [1.165, 1.54) is 0 Å². The summed E-state index contributed by atoms with van der Waals surface area (Å²) >= 11 is 6.35. The Balaban J connectivity index is 1.15. The third-order valence-corrected chi connectivity index (χ3v) is 7.34. The van der Waals surface area contributed by atoms with Gasteiger partial charge in [-0.25, -0.2) is 9.97 Å². The highest BCUT2D eigenvalue weighted by Gasteiger charge is 2.33. The fourth-order valence-corrected chi connectivity index (χ4v) is 5.26. The van der Waals surface area contributed by atoms with E-state index >= 15 is 0 Å². The largest absolute Gasteiger partial charge is 0.486 e. The first-order chi connectivity index (χ1) is 20.5. The van der Waals surface area contributed by atoms with Gasteiger partial charge in [-0.2, -0.15) is 4.98 Å². The Morgan fingerprint density at radius 2 is 1.90 bits per heavy atom. The van der Waals surface area contributed by atoms with E-state index in [4.69, 9.17) is 21.1 Å². The van der Waals surface area contributed by atoms with Crippen LogP contribution in [0, 0.1) is 0 Å². The molecule has 0 spiro atoms. The number of amides is 2. The van der Waals surface area contributed by atoms with Gasteiger partial charge in [-0.3, -0.25) is 19.1 Å². The molecule has 2 aliphatic heterocycles. The first-order valence-corrected chi connectivity index (χ1v) is 14.1. The molecule has 0 saturated carbocycles. The number of hydrogen-bond acceptors (Lipinski definition) is 9. The number of pyridine rings is 1. The molecule has 0 bridgehead atoms. The second-order valence-electron chi connectivity index (χ2n) is 9.94. The van der Waals surface area contributed by atoms with E-state index in [0.717, 1.165) is 17.1 Å². The van der Waals surface area contributed by atoms with Gasteiger partial charge in [0, 0.05) is 63.5 Å². The fraction of sp³-hybridized carbons (Fsp3) is 0.310. The maximum atomic E-state index is 13.5. The first-order valence-electron chi connectivity index (χ1n) is 13.7.